The van der Waals surface area contributed by atoms with Gasteiger partial charge in [0.1, 0.15) is 11.6 Å². The molecule has 0 atom stereocenters. The molecule has 0 bridgehead atoms. The molecule has 1 fully saturated rings. The van der Waals surface area contributed by atoms with Crippen molar-refractivity contribution in [3.63, 3.8) is 0 Å². The van der Waals surface area contributed by atoms with Crippen molar-refractivity contribution in [1.29, 1.82) is 0 Å². The first kappa shape index (κ1) is 15.9. The first-order valence-electron chi connectivity index (χ1n) is 7.04. The number of aliphatic carboxylic acids is 1. The van der Waals surface area contributed by atoms with E-state index in [4.69, 9.17) is 9.84 Å². The minimum atomic E-state index is -0.862. The van der Waals surface area contributed by atoms with Gasteiger partial charge in [-0.3, -0.25) is 9.69 Å². The Balaban J connectivity index is 1.75. The minimum absolute atomic E-state index is 0.0149. The summed E-state index contributed by atoms with van der Waals surface area (Å²) < 4.78 is 31.9. The topological polar surface area (TPSA) is 49.8 Å². The third-order valence-corrected chi connectivity index (χ3v) is 3.61. The molecule has 0 amide bonds. The normalized spacial score (nSPS) is 17.0. The van der Waals surface area contributed by atoms with Gasteiger partial charge in [0.05, 0.1) is 19.1 Å². The molecule has 21 heavy (non-hydrogen) atoms. The second-order valence-corrected chi connectivity index (χ2v) is 5.23. The van der Waals surface area contributed by atoms with Crippen LogP contribution in [0.4, 0.5) is 8.78 Å². The van der Waals surface area contributed by atoms with Crippen LogP contribution in [-0.4, -0.2) is 41.8 Å². The molecule has 1 aliphatic rings. The maximum absolute atomic E-state index is 13.6. The highest BCUT2D eigenvalue weighted by atomic mass is 19.1. The number of piperidine rings is 1. The number of hydrogen-bond donors (Lipinski definition) is 1. The van der Waals surface area contributed by atoms with E-state index in [0.29, 0.717) is 12.1 Å². The number of benzene rings is 1. The second kappa shape index (κ2) is 7.47. The SMILES string of the molecule is O=C(O)CCOC1CCN(Cc2ccc(F)cc2F)CC1. The lowest BCUT2D eigenvalue weighted by atomic mass is 10.1. The summed E-state index contributed by atoms with van der Waals surface area (Å²) in [6.45, 7) is 2.20. The zero-order valence-electron chi connectivity index (χ0n) is 11.7. The number of hydrogen-bond acceptors (Lipinski definition) is 3. The van der Waals surface area contributed by atoms with Crippen LogP contribution in [0.1, 0.15) is 24.8 Å². The highest BCUT2D eigenvalue weighted by Crippen LogP contribution is 2.18. The third-order valence-electron chi connectivity index (χ3n) is 3.61. The van der Waals surface area contributed by atoms with Crippen molar-refractivity contribution in [2.45, 2.75) is 31.9 Å². The zero-order chi connectivity index (χ0) is 15.2. The fourth-order valence-electron chi connectivity index (χ4n) is 2.44. The Morgan fingerprint density at radius 2 is 2.05 bits per heavy atom. The van der Waals surface area contributed by atoms with Gasteiger partial charge in [-0.05, 0) is 18.9 Å². The average molecular weight is 299 g/mol. The van der Waals surface area contributed by atoms with E-state index in [0.717, 1.165) is 32.0 Å². The molecule has 1 N–H and O–H groups in total. The quantitative estimate of drug-likeness (QED) is 0.876. The van der Waals surface area contributed by atoms with Gasteiger partial charge < -0.3 is 9.84 Å². The largest absolute Gasteiger partial charge is 0.481 e. The number of ether oxygens (including phenoxy) is 1. The third kappa shape index (κ3) is 5.06. The van der Waals surface area contributed by atoms with Crippen molar-refractivity contribution in [3.05, 3.63) is 35.4 Å². The number of likely N-dealkylation sites (tertiary alicyclic amines) is 1. The molecule has 0 radical (unpaired) electrons. The molecule has 0 aromatic heterocycles. The van der Waals surface area contributed by atoms with Gasteiger partial charge in [-0.15, -0.1) is 0 Å². The Morgan fingerprint density at radius 1 is 1.33 bits per heavy atom. The summed E-state index contributed by atoms with van der Waals surface area (Å²) in [5, 5.41) is 8.54. The molecule has 0 saturated carbocycles. The number of halogens is 2. The van der Waals surface area contributed by atoms with E-state index >= 15 is 0 Å². The van der Waals surface area contributed by atoms with Gasteiger partial charge in [-0.2, -0.15) is 0 Å². The van der Waals surface area contributed by atoms with Gasteiger partial charge in [0.25, 0.3) is 0 Å². The monoisotopic (exact) mass is 299 g/mol. The summed E-state index contributed by atoms with van der Waals surface area (Å²) in [5.41, 5.74) is 0.488. The molecule has 0 unspecified atom stereocenters. The Kier molecular flexibility index (Phi) is 5.64. The lowest BCUT2D eigenvalue weighted by Gasteiger charge is -2.31. The van der Waals surface area contributed by atoms with Crippen LogP contribution in [-0.2, 0) is 16.1 Å². The van der Waals surface area contributed by atoms with Crippen LogP contribution < -0.4 is 0 Å². The zero-order valence-corrected chi connectivity index (χ0v) is 11.7. The van der Waals surface area contributed by atoms with Gasteiger partial charge in [-0.25, -0.2) is 8.78 Å². The Morgan fingerprint density at radius 3 is 2.67 bits per heavy atom. The molecule has 2 rings (SSSR count). The highest BCUT2D eigenvalue weighted by molar-refractivity contribution is 5.66. The van der Waals surface area contributed by atoms with Gasteiger partial charge in [0.15, 0.2) is 0 Å². The van der Waals surface area contributed by atoms with Crippen LogP contribution in [0, 0.1) is 11.6 Å². The van der Waals surface area contributed by atoms with E-state index in [1.807, 2.05) is 0 Å². The summed E-state index contributed by atoms with van der Waals surface area (Å²) in [6, 6.07) is 3.64. The summed E-state index contributed by atoms with van der Waals surface area (Å²) >= 11 is 0. The predicted molar refractivity (Wildman–Crippen MR) is 72.9 cm³/mol. The second-order valence-electron chi connectivity index (χ2n) is 5.23. The summed E-state index contributed by atoms with van der Waals surface area (Å²) in [5.74, 6) is -1.95. The van der Waals surface area contributed by atoms with Crippen LogP contribution in [0.15, 0.2) is 18.2 Å². The van der Waals surface area contributed by atoms with Gasteiger partial charge in [0.2, 0.25) is 0 Å². The van der Waals surface area contributed by atoms with Crippen LogP contribution in [0.5, 0.6) is 0 Å². The fraction of sp³-hybridized carbons (Fsp3) is 0.533. The molecule has 1 aromatic rings. The van der Waals surface area contributed by atoms with E-state index in [1.54, 1.807) is 0 Å². The van der Waals surface area contributed by atoms with Crippen LogP contribution >= 0.6 is 0 Å². The van der Waals surface area contributed by atoms with Gasteiger partial charge >= 0.3 is 5.97 Å². The number of rotatable bonds is 6. The fourth-order valence-corrected chi connectivity index (χ4v) is 2.44. The molecule has 1 saturated heterocycles. The van der Waals surface area contributed by atoms with E-state index in [-0.39, 0.29) is 19.1 Å². The highest BCUT2D eigenvalue weighted by Gasteiger charge is 2.20. The number of carboxylic acid groups (broad SMARTS) is 1. The van der Waals surface area contributed by atoms with E-state index < -0.39 is 17.6 Å². The first-order chi connectivity index (χ1) is 10.0. The van der Waals surface area contributed by atoms with Crippen LogP contribution in [0.3, 0.4) is 0 Å². The average Bonchev–Trinajstić information content (AvgIpc) is 2.43. The lowest BCUT2D eigenvalue weighted by Crippen LogP contribution is -2.37. The van der Waals surface area contributed by atoms with Crippen LogP contribution in [0.25, 0.3) is 0 Å². The van der Waals surface area contributed by atoms with Gasteiger partial charge in [0, 0.05) is 31.3 Å². The smallest absolute Gasteiger partial charge is 0.305 e. The molecule has 1 aromatic carbocycles. The molecule has 116 valence electrons. The molecule has 0 spiro atoms. The number of carboxylic acids is 1. The summed E-state index contributed by atoms with van der Waals surface area (Å²) in [6.07, 6.45) is 1.67. The van der Waals surface area contributed by atoms with E-state index in [1.165, 1.54) is 12.1 Å². The minimum Gasteiger partial charge on any atom is -0.481 e. The molecule has 1 heterocycles. The van der Waals surface area contributed by atoms with Crippen molar-refractivity contribution in [3.8, 4) is 0 Å². The van der Waals surface area contributed by atoms with Crippen molar-refractivity contribution in [2.24, 2.45) is 0 Å². The molecule has 1 aliphatic heterocycles. The summed E-state index contributed by atoms with van der Waals surface area (Å²) in [4.78, 5) is 12.5. The molecular weight excluding hydrogens is 280 g/mol. The Hall–Kier alpha value is -1.53. The standard InChI is InChI=1S/C15H19F2NO3/c16-12-2-1-11(14(17)9-12)10-18-6-3-13(4-7-18)21-8-5-15(19)20/h1-2,9,13H,3-8,10H2,(H,19,20). The van der Waals surface area contributed by atoms with E-state index in [2.05, 4.69) is 4.90 Å². The maximum atomic E-state index is 13.6. The molecule has 6 heteroatoms. The molecular formula is C15H19F2NO3. The summed E-state index contributed by atoms with van der Waals surface area (Å²) in [7, 11) is 0. The lowest BCUT2D eigenvalue weighted by molar-refractivity contribution is -0.138. The number of carbonyl (C=O) groups is 1. The Labute approximate surface area is 122 Å². The van der Waals surface area contributed by atoms with Crippen molar-refractivity contribution in [2.75, 3.05) is 19.7 Å². The number of nitrogens with zero attached hydrogens (tertiary/aromatic N) is 1. The van der Waals surface area contributed by atoms with Crippen LogP contribution in [0.2, 0.25) is 0 Å². The Bertz CT molecular complexity index is 488. The van der Waals surface area contributed by atoms with E-state index in [9.17, 15) is 13.6 Å². The maximum Gasteiger partial charge on any atom is 0.305 e. The van der Waals surface area contributed by atoms with Crippen molar-refractivity contribution in [1.82, 2.24) is 4.90 Å². The molecule has 4 nitrogen and oxygen atoms in total. The van der Waals surface area contributed by atoms with Gasteiger partial charge in [-0.1, -0.05) is 6.07 Å². The van der Waals surface area contributed by atoms with Crippen molar-refractivity contribution >= 4 is 5.97 Å². The molecule has 0 aliphatic carbocycles. The first-order valence-corrected chi connectivity index (χ1v) is 7.04. The van der Waals surface area contributed by atoms with Crippen molar-refractivity contribution < 1.29 is 23.4 Å². The predicted octanol–water partition coefficient (Wildman–Crippen LogP) is 2.42.